The zero-order valence-corrected chi connectivity index (χ0v) is 12.8. The minimum absolute atomic E-state index is 0.0553. The maximum Gasteiger partial charge on any atom is 0.230 e. The molecule has 0 saturated carbocycles. The van der Waals surface area contributed by atoms with Gasteiger partial charge >= 0.3 is 0 Å². The fourth-order valence-electron chi connectivity index (χ4n) is 2.28. The molecule has 0 atom stereocenters. The fourth-order valence-corrected chi connectivity index (χ4v) is 2.28. The van der Waals surface area contributed by atoms with Gasteiger partial charge in [0.15, 0.2) is 0 Å². The molecule has 4 nitrogen and oxygen atoms in total. The van der Waals surface area contributed by atoms with Gasteiger partial charge in [-0.15, -0.1) is 0 Å². The van der Waals surface area contributed by atoms with Crippen molar-refractivity contribution < 1.29 is 18.0 Å². The number of nitrogens with one attached hydrogen (secondary N) is 1. The lowest BCUT2D eigenvalue weighted by Gasteiger charge is -2.04. The van der Waals surface area contributed by atoms with Crippen LogP contribution < -0.4 is 5.32 Å². The Kier molecular flexibility index (Phi) is 4.37. The monoisotopic (exact) mass is 328 g/mol. The summed E-state index contributed by atoms with van der Waals surface area (Å²) in [5.74, 6) is -0.998. The van der Waals surface area contributed by atoms with E-state index < -0.39 is 17.5 Å². The van der Waals surface area contributed by atoms with Crippen molar-refractivity contribution in [3.8, 4) is 11.5 Å². The third kappa shape index (κ3) is 3.65. The molecule has 0 saturated heterocycles. The van der Waals surface area contributed by atoms with Crippen molar-refractivity contribution in [2.24, 2.45) is 0 Å². The van der Waals surface area contributed by atoms with Gasteiger partial charge < -0.3 is 9.73 Å². The number of aromatic nitrogens is 1. The molecule has 1 amide bonds. The van der Waals surface area contributed by atoms with E-state index in [0.29, 0.717) is 17.3 Å². The number of nitrogens with zero attached hydrogens (tertiary/aromatic N) is 1. The lowest BCUT2D eigenvalue weighted by molar-refractivity contribution is -0.115. The number of oxazole rings is 1. The predicted molar refractivity (Wildman–Crippen MR) is 85.4 cm³/mol. The molecule has 122 valence electrons. The number of carbonyl (C=O) groups is 1. The molecule has 0 aliphatic rings. The number of halogens is 2. The van der Waals surface area contributed by atoms with Crippen LogP contribution >= 0.6 is 0 Å². The lowest BCUT2D eigenvalue weighted by Crippen LogP contribution is -2.15. The Balaban J connectivity index is 1.74. The Hall–Kier alpha value is -3.02. The van der Waals surface area contributed by atoms with Crippen molar-refractivity contribution in [1.82, 2.24) is 4.98 Å². The third-order valence-electron chi connectivity index (χ3n) is 3.39. The van der Waals surface area contributed by atoms with Crippen molar-refractivity contribution in [2.45, 2.75) is 13.3 Å². The molecule has 0 aliphatic carbocycles. The molecule has 0 fully saturated rings. The summed E-state index contributed by atoms with van der Waals surface area (Å²) in [5.41, 5.74) is 1.34. The highest BCUT2D eigenvalue weighted by atomic mass is 19.1. The second kappa shape index (κ2) is 6.62. The average molecular weight is 328 g/mol. The molecular weight excluding hydrogens is 314 g/mol. The van der Waals surface area contributed by atoms with E-state index in [2.05, 4.69) is 10.3 Å². The zero-order chi connectivity index (χ0) is 17.1. The van der Waals surface area contributed by atoms with Crippen LogP contribution in [0, 0.1) is 18.6 Å². The van der Waals surface area contributed by atoms with Crippen LogP contribution in [-0.2, 0) is 11.2 Å². The Morgan fingerprint density at radius 1 is 1.12 bits per heavy atom. The zero-order valence-electron chi connectivity index (χ0n) is 12.8. The first-order valence-electron chi connectivity index (χ1n) is 7.29. The van der Waals surface area contributed by atoms with E-state index in [1.807, 2.05) is 30.3 Å². The van der Waals surface area contributed by atoms with Crippen LogP contribution in [0.25, 0.3) is 11.5 Å². The molecule has 1 heterocycles. The SMILES string of the molecule is Cc1oc(-c2ccccc2)nc1CC(=O)Nc1cc(F)cc(F)c1. The topological polar surface area (TPSA) is 55.1 Å². The van der Waals surface area contributed by atoms with E-state index in [9.17, 15) is 13.6 Å². The van der Waals surface area contributed by atoms with Crippen LogP contribution in [0.15, 0.2) is 52.9 Å². The largest absolute Gasteiger partial charge is 0.441 e. The summed E-state index contributed by atoms with van der Waals surface area (Å²) in [7, 11) is 0. The molecule has 1 N–H and O–H groups in total. The van der Waals surface area contributed by atoms with Gasteiger partial charge in [-0.1, -0.05) is 18.2 Å². The maximum absolute atomic E-state index is 13.1. The van der Waals surface area contributed by atoms with E-state index in [-0.39, 0.29) is 12.1 Å². The Morgan fingerprint density at radius 2 is 1.79 bits per heavy atom. The summed E-state index contributed by atoms with van der Waals surface area (Å²) in [6.07, 6.45) is -0.0553. The van der Waals surface area contributed by atoms with Gasteiger partial charge in [0.25, 0.3) is 0 Å². The molecule has 0 bridgehead atoms. The van der Waals surface area contributed by atoms with Crippen LogP contribution in [0.1, 0.15) is 11.5 Å². The number of carbonyl (C=O) groups excluding carboxylic acids is 1. The maximum atomic E-state index is 13.1. The molecule has 0 aliphatic heterocycles. The van der Waals surface area contributed by atoms with Crippen LogP contribution in [0.5, 0.6) is 0 Å². The first kappa shape index (κ1) is 15.9. The summed E-state index contributed by atoms with van der Waals surface area (Å²) >= 11 is 0. The van der Waals surface area contributed by atoms with E-state index >= 15 is 0 Å². The lowest BCUT2D eigenvalue weighted by atomic mass is 10.2. The van der Waals surface area contributed by atoms with Crippen molar-refractivity contribution >= 4 is 11.6 Å². The van der Waals surface area contributed by atoms with Crippen molar-refractivity contribution in [1.29, 1.82) is 0 Å². The number of rotatable bonds is 4. The number of hydrogen-bond donors (Lipinski definition) is 1. The predicted octanol–water partition coefficient (Wildman–Crippen LogP) is 4.11. The van der Waals surface area contributed by atoms with Gasteiger partial charge in [-0.25, -0.2) is 13.8 Å². The summed E-state index contributed by atoms with van der Waals surface area (Å²) in [6, 6.07) is 12.1. The molecule has 3 aromatic rings. The number of benzene rings is 2. The second-order valence-electron chi connectivity index (χ2n) is 5.27. The molecule has 0 radical (unpaired) electrons. The van der Waals surface area contributed by atoms with E-state index in [1.165, 1.54) is 0 Å². The molecule has 24 heavy (non-hydrogen) atoms. The molecule has 6 heteroatoms. The van der Waals surface area contributed by atoms with Gasteiger partial charge in [0, 0.05) is 17.3 Å². The number of aryl methyl sites for hydroxylation is 1. The van der Waals surface area contributed by atoms with Crippen LogP contribution in [0.2, 0.25) is 0 Å². The third-order valence-corrected chi connectivity index (χ3v) is 3.39. The van der Waals surface area contributed by atoms with Gasteiger partial charge in [0.2, 0.25) is 11.8 Å². The smallest absolute Gasteiger partial charge is 0.230 e. The molecule has 0 spiro atoms. The van der Waals surface area contributed by atoms with Crippen LogP contribution in [0.4, 0.5) is 14.5 Å². The van der Waals surface area contributed by atoms with E-state index in [4.69, 9.17) is 4.42 Å². The molecule has 2 aromatic carbocycles. The van der Waals surface area contributed by atoms with Crippen molar-refractivity contribution in [2.75, 3.05) is 5.32 Å². The summed E-state index contributed by atoms with van der Waals surface area (Å²) in [4.78, 5) is 16.4. The highest BCUT2D eigenvalue weighted by Crippen LogP contribution is 2.22. The van der Waals surface area contributed by atoms with E-state index in [1.54, 1.807) is 6.92 Å². The highest BCUT2D eigenvalue weighted by Gasteiger charge is 2.15. The van der Waals surface area contributed by atoms with Crippen molar-refractivity contribution in [3.05, 3.63) is 71.6 Å². The van der Waals surface area contributed by atoms with Gasteiger partial charge in [-0.3, -0.25) is 4.79 Å². The number of anilines is 1. The van der Waals surface area contributed by atoms with Gasteiger partial charge in [-0.2, -0.15) is 0 Å². The minimum Gasteiger partial charge on any atom is -0.441 e. The Morgan fingerprint density at radius 3 is 2.46 bits per heavy atom. The first-order valence-corrected chi connectivity index (χ1v) is 7.29. The van der Waals surface area contributed by atoms with Gasteiger partial charge in [0.05, 0.1) is 12.1 Å². The quantitative estimate of drug-likeness (QED) is 0.784. The van der Waals surface area contributed by atoms with Crippen LogP contribution in [-0.4, -0.2) is 10.9 Å². The number of hydrogen-bond acceptors (Lipinski definition) is 3. The summed E-state index contributed by atoms with van der Waals surface area (Å²) in [5, 5.41) is 2.45. The van der Waals surface area contributed by atoms with Crippen LogP contribution in [0.3, 0.4) is 0 Å². The molecule has 1 aromatic heterocycles. The summed E-state index contributed by atoms with van der Waals surface area (Å²) < 4.78 is 31.9. The fraction of sp³-hybridized carbons (Fsp3) is 0.111. The van der Waals surface area contributed by atoms with E-state index in [0.717, 1.165) is 23.8 Å². The molecule has 3 rings (SSSR count). The van der Waals surface area contributed by atoms with Gasteiger partial charge in [-0.05, 0) is 31.2 Å². The van der Waals surface area contributed by atoms with Crippen molar-refractivity contribution in [3.63, 3.8) is 0 Å². The molecular formula is C18H14F2N2O2. The highest BCUT2D eigenvalue weighted by molar-refractivity contribution is 5.92. The Bertz CT molecular complexity index is 856. The minimum atomic E-state index is -0.755. The Labute approximate surface area is 137 Å². The summed E-state index contributed by atoms with van der Waals surface area (Å²) in [6.45, 7) is 1.71. The molecule has 0 unspecified atom stereocenters. The number of amides is 1. The van der Waals surface area contributed by atoms with Gasteiger partial charge in [0.1, 0.15) is 17.4 Å². The average Bonchev–Trinajstić information content (AvgIpc) is 2.88. The first-order chi connectivity index (χ1) is 11.5. The standard InChI is InChI=1S/C18H14F2N2O2/c1-11-16(22-18(24-11)12-5-3-2-4-6-12)10-17(23)21-15-8-13(19)7-14(20)9-15/h2-9H,10H2,1H3,(H,21,23). The second-order valence-corrected chi connectivity index (χ2v) is 5.27. The normalized spacial score (nSPS) is 10.6.